The van der Waals surface area contributed by atoms with Gasteiger partial charge in [0.1, 0.15) is 0 Å². The smallest absolute Gasteiger partial charge is 0.214 e. The third kappa shape index (κ3) is 4.08. The summed E-state index contributed by atoms with van der Waals surface area (Å²) in [6.45, 7) is 3.34. The Morgan fingerprint density at radius 2 is 1.56 bits per heavy atom. The van der Waals surface area contributed by atoms with Gasteiger partial charge in [0, 0.05) is 12.8 Å². The molecule has 0 saturated carbocycles. The van der Waals surface area contributed by atoms with Gasteiger partial charge in [0.2, 0.25) is 10.0 Å². The van der Waals surface area contributed by atoms with Crippen LogP contribution in [0.5, 0.6) is 0 Å². The van der Waals surface area contributed by atoms with Gasteiger partial charge in [-0.25, -0.2) is 21.6 Å². The van der Waals surface area contributed by atoms with Gasteiger partial charge < -0.3 is 0 Å². The average Bonchev–Trinajstić information content (AvgIpc) is 2.25. The largest absolute Gasteiger partial charge is 0.224 e. The highest BCUT2D eigenvalue weighted by molar-refractivity contribution is 7.90. The predicted molar refractivity (Wildman–Crippen MR) is 70.4 cm³/mol. The number of nitrogens with one attached hydrogen (secondary N) is 1. The fourth-order valence-electron chi connectivity index (χ4n) is 1.21. The Balaban J connectivity index is 2.78. The van der Waals surface area contributed by atoms with Crippen LogP contribution in [0.4, 0.5) is 0 Å². The van der Waals surface area contributed by atoms with Crippen molar-refractivity contribution in [2.45, 2.75) is 30.5 Å². The van der Waals surface area contributed by atoms with E-state index in [1.54, 1.807) is 26.0 Å². The molecule has 0 fully saturated rings. The molecule has 0 aliphatic rings. The highest BCUT2D eigenvalue weighted by Crippen LogP contribution is 2.10. The Kier molecular flexibility index (Phi) is 4.52. The molecule has 0 radical (unpaired) electrons. The normalized spacial score (nSPS) is 12.9. The van der Waals surface area contributed by atoms with Gasteiger partial charge in [0.25, 0.3) is 0 Å². The van der Waals surface area contributed by atoms with Crippen LogP contribution in [0.3, 0.4) is 0 Å². The molecule has 0 amide bonds. The molecule has 1 N–H and O–H groups in total. The van der Waals surface area contributed by atoms with Crippen molar-refractivity contribution < 1.29 is 16.8 Å². The molecule has 1 aromatic rings. The fourth-order valence-corrected chi connectivity index (χ4v) is 2.54. The van der Waals surface area contributed by atoms with Crippen molar-refractivity contribution in [3.05, 3.63) is 29.8 Å². The third-order valence-corrected chi connectivity index (χ3v) is 5.37. The average molecular weight is 291 g/mol. The molecule has 7 heteroatoms. The summed E-state index contributed by atoms with van der Waals surface area (Å²) in [7, 11) is -6.52. The first-order valence-electron chi connectivity index (χ1n) is 5.40. The molecule has 0 aliphatic heterocycles. The second-order valence-electron chi connectivity index (χ2n) is 4.33. The molecule has 0 heterocycles. The zero-order valence-corrected chi connectivity index (χ0v) is 12.2. The molecule has 0 aliphatic carbocycles. The Labute approximate surface area is 108 Å². The van der Waals surface area contributed by atoms with E-state index >= 15 is 0 Å². The van der Waals surface area contributed by atoms with E-state index in [2.05, 4.69) is 4.72 Å². The van der Waals surface area contributed by atoms with Crippen molar-refractivity contribution in [3.8, 4) is 0 Å². The molecule has 5 nitrogen and oxygen atoms in total. The van der Waals surface area contributed by atoms with E-state index in [1.807, 2.05) is 0 Å². The minimum atomic E-state index is -3.30. The van der Waals surface area contributed by atoms with Gasteiger partial charge in [-0.1, -0.05) is 12.1 Å². The van der Waals surface area contributed by atoms with E-state index < -0.39 is 25.1 Å². The number of rotatable bonds is 5. The number of benzene rings is 1. The van der Waals surface area contributed by atoms with Gasteiger partial charge in [-0.15, -0.1) is 0 Å². The molecule has 1 rings (SSSR count). The Bertz CT molecular complexity index is 601. The minimum absolute atomic E-state index is 0.157. The van der Waals surface area contributed by atoms with E-state index in [0.29, 0.717) is 5.56 Å². The van der Waals surface area contributed by atoms with Crippen molar-refractivity contribution >= 4 is 19.9 Å². The highest BCUT2D eigenvalue weighted by atomic mass is 32.2. The van der Waals surface area contributed by atoms with E-state index in [4.69, 9.17) is 0 Å². The minimum Gasteiger partial charge on any atom is -0.224 e. The highest BCUT2D eigenvalue weighted by Gasteiger charge is 2.14. The molecule has 0 bridgehead atoms. The lowest BCUT2D eigenvalue weighted by atomic mass is 10.2. The van der Waals surface area contributed by atoms with Gasteiger partial charge in [-0.3, -0.25) is 0 Å². The molecular formula is C11H17NO4S2. The first kappa shape index (κ1) is 15.1. The van der Waals surface area contributed by atoms with Crippen LogP contribution in [0.15, 0.2) is 29.2 Å². The molecular weight excluding hydrogens is 274 g/mol. The molecule has 0 saturated heterocycles. The summed E-state index contributed by atoms with van der Waals surface area (Å²) in [4.78, 5) is 0.220. The zero-order chi connectivity index (χ0) is 14.0. The van der Waals surface area contributed by atoms with E-state index in [-0.39, 0.29) is 11.4 Å². The summed E-state index contributed by atoms with van der Waals surface area (Å²) in [6, 6.07) is 6.13. The quantitative estimate of drug-likeness (QED) is 0.874. The second kappa shape index (κ2) is 5.38. The lowest BCUT2D eigenvalue weighted by Gasteiger charge is -2.09. The number of sulfonamides is 1. The van der Waals surface area contributed by atoms with Crippen LogP contribution in [-0.4, -0.2) is 28.3 Å². The fraction of sp³-hybridized carbons (Fsp3) is 0.455. The van der Waals surface area contributed by atoms with Crippen molar-refractivity contribution in [2.24, 2.45) is 0 Å². The van der Waals surface area contributed by atoms with E-state index in [0.717, 1.165) is 6.26 Å². The zero-order valence-electron chi connectivity index (χ0n) is 10.5. The Morgan fingerprint density at radius 3 is 1.94 bits per heavy atom. The number of hydrogen-bond donors (Lipinski definition) is 1. The van der Waals surface area contributed by atoms with Crippen LogP contribution in [0.1, 0.15) is 19.4 Å². The summed E-state index contributed by atoms with van der Waals surface area (Å²) in [6.07, 6.45) is 1.13. The van der Waals surface area contributed by atoms with Crippen LogP contribution in [0, 0.1) is 0 Å². The van der Waals surface area contributed by atoms with Crippen LogP contribution in [0.25, 0.3) is 0 Å². The lowest BCUT2D eigenvalue weighted by Crippen LogP contribution is -2.30. The van der Waals surface area contributed by atoms with Crippen molar-refractivity contribution in [2.75, 3.05) is 6.26 Å². The van der Waals surface area contributed by atoms with Gasteiger partial charge in [-0.2, -0.15) is 0 Å². The van der Waals surface area contributed by atoms with Gasteiger partial charge in [0.05, 0.1) is 10.1 Å². The van der Waals surface area contributed by atoms with Crippen molar-refractivity contribution in [1.29, 1.82) is 0 Å². The monoisotopic (exact) mass is 291 g/mol. The van der Waals surface area contributed by atoms with E-state index in [9.17, 15) is 16.8 Å². The summed E-state index contributed by atoms with van der Waals surface area (Å²) >= 11 is 0. The van der Waals surface area contributed by atoms with Gasteiger partial charge >= 0.3 is 0 Å². The topological polar surface area (TPSA) is 80.3 Å². The lowest BCUT2D eigenvalue weighted by molar-refractivity contribution is 0.572. The second-order valence-corrected chi connectivity index (χ2v) is 8.67. The molecule has 102 valence electrons. The van der Waals surface area contributed by atoms with Gasteiger partial charge in [-0.05, 0) is 31.5 Å². The van der Waals surface area contributed by atoms with Crippen LogP contribution in [-0.2, 0) is 26.4 Å². The molecule has 1 aromatic carbocycles. The predicted octanol–water partition coefficient (Wildman–Crippen LogP) is 0.918. The maximum absolute atomic E-state index is 11.5. The van der Waals surface area contributed by atoms with Crippen LogP contribution in [0.2, 0.25) is 0 Å². The molecule has 18 heavy (non-hydrogen) atoms. The van der Waals surface area contributed by atoms with Crippen LogP contribution < -0.4 is 4.72 Å². The standard InChI is InChI=1S/C11H17NO4S2/c1-9(2)18(15,16)12-8-10-4-6-11(7-5-10)17(3,13)14/h4-7,9,12H,8H2,1-3H3. The Hall–Kier alpha value is -0.920. The molecule has 0 spiro atoms. The van der Waals surface area contributed by atoms with E-state index in [1.165, 1.54) is 12.1 Å². The first-order valence-corrected chi connectivity index (χ1v) is 8.84. The maximum Gasteiger partial charge on any atom is 0.214 e. The third-order valence-electron chi connectivity index (χ3n) is 2.45. The summed E-state index contributed by atoms with van der Waals surface area (Å²) in [5.74, 6) is 0. The first-order chi connectivity index (χ1) is 8.13. The van der Waals surface area contributed by atoms with Crippen LogP contribution >= 0.6 is 0 Å². The Morgan fingerprint density at radius 1 is 1.06 bits per heavy atom. The molecule has 0 atom stereocenters. The summed E-state index contributed by atoms with van der Waals surface area (Å²) < 4.78 is 48.0. The van der Waals surface area contributed by atoms with Gasteiger partial charge in [0.15, 0.2) is 9.84 Å². The number of sulfone groups is 1. The summed E-state index contributed by atoms with van der Waals surface area (Å²) in [5.41, 5.74) is 0.714. The molecule has 0 unspecified atom stereocenters. The SMILES string of the molecule is CC(C)S(=O)(=O)NCc1ccc(S(C)(=O)=O)cc1. The number of hydrogen-bond acceptors (Lipinski definition) is 4. The molecule has 0 aromatic heterocycles. The van der Waals surface area contributed by atoms with Crippen molar-refractivity contribution in [3.63, 3.8) is 0 Å². The summed E-state index contributed by atoms with van der Waals surface area (Å²) in [5, 5.41) is -0.493. The maximum atomic E-state index is 11.5. The van der Waals surface area contributed by atoms with Crippen molar-refractivity contribution in [1.82, 2.24) is 4.72 Å².